The number of allylic oxidation sites excluding steroid dienone is 2. The van der Waals surface area contributed by atoms with Gasteiger partial charge in [0.25, 0.3) is 0 Å². The highest BCUT2D eigenvalue weighted by atomic mass is 28.4. The fourth-order valence-corrected chi connectivity index (χ4v) is 3.32. The summed E-state index contributed by atoms with van der Waals surface area (Å²) in [6.45, 7) is 0. The van der Waals surface area contributed by atoms with E-state index in [0.29, 0.717) is 0 Å². The Hall–Kier alpha value is -1.20. The van der Waals surface area contributed by atoms with E-state index in [1.165, 1.54) is 24.0 Å². The molecule has 0 saturated carbocycles. The first-order valence-electron chi connectivity index (χ1n) is 6.37. The summed E-state index contributed by atoms with van der Waals surface area (Å²) < 4.78 is 16.0. The first-order valence-corrected chi connectivity index (χ1v) is 8.17. The predicted octanol–water partition coefficient (Wildman–Crippen LogP) is 3.29. The van der Waals surface area contributed by atoms with E-state index in [1.807, 2.05) is 11.8 Å². The lowest BCUT2D eigenvalue weighted by Crippen LogP contribution is -2.40. The molecule has 0 amide bonds. The molecule has 0 bridgehead atoms. The van der Waals surface area contributed by atoms with Crippen molar-refractivity contribution in [2.24, 2.45) is 0 Å². The van der Waals surface area contributed by atoms with Crippen molar-refractivity contribution < 1.29 is 13.3 Å². The van der Waals surface area contributed by atoms with E-state index in [-0.39, 0.29) is 0 Å². The molecule has 0 heterocycles. The summed E-state index contributed by atoms with van der Waals surface area (Å²) in [7, 11) is 2.20. The van der Waals surface area contributed by atoms with Gasteiger partial charge in [-0.2, -0.15) is 0 Å². The van der Waals surface area contributed by atoms with Gasteiger partial charge in [0.2, 0.25) is 0 Å². The van der Waals surface area contributed by atoms with Gasteiger partial charge in [-0.3, -0.25) is 0 Å². The van der Waals surface area contributed by atoms with Crippen LogP contribution in [-0.4, -0.2) is 30.1 Å². The molecule has 0 N–H and O–H groups in total. The second-order valence-electron chi connectivity index (χ2n) is 4.44. The molecule has 0 fully saturated rings. The molecule has 0 unspecified atom stereocenters. The Morgan fingerprint density at radius 2 is 1.58 bits per heavy atom. The van der Waals surface area contributed by atoms with E-state index in [0.717, 1.165) is 5.56 Å². The van der Waals surface area contributed by atoms with Gasteiger partial charge >= 0.3 is 8.80 Å². The SMILES string of the molecule is CO[Si](C=Cc1ccc(C2=CCC2)cc1)(OC)OC. The molecule has 0 atom stereocenters. The fourth-order valence-electron chi connectivity index (χ4n) is 2.01. The van der Waals surface area contributed by atoms with Gasteiger partial charge in [-0.25, -0.2) is 0 Å². The standard InChI is InChI=1S/C15H20O3Si/c1-16-19(17-2,18-3)12-11-13-7-9-15(10-8-13)14-5-4-6-14/h5,7-12H,4,6H2,1-3H3. The lowest BCUT2D eigenvalue weighted by atomic mass is 9.91. The lowest BCUT2D eigenvalue weighted by molar-refractivity contribution is 0.139. The third-order valence-electron chi connectivity index (χ3n) is 3.42. The van der Waals surface area contributed by atoms with Crippen LogP contribution in [0.3, 0.4) is 0 Å². The van der Waals surface area contributed by atoms with E-state index in [1.54, 1.807) is 21.3 Å². The zero-order valence-corrected chi connectivity index (χ0v) is 12.7. The maximum atomic E-state index is 5.35. The highest BCUT2D eigenvalue weighted by Crippen LogP contribution is 2.28. The van der Waals surface area contributed by atoms with Crippen LogP contribution in [0.1, 0.15) is 24.0 Å². The highest BCUT2D eigenvalue weighted by molar-refractivity contribution is 6.66. The molecule has 102 valence electrons. The normalized spacial score (nSPS) is 15.4. The van der Waals surface area contributed by atoms with Gasteiger partial charge in [-0.05, 0) is 35.2 Å². The van der Waals surface area contributed by atoms with Gasteiger partial charge in [0.1, 0.15) is 0 Å². The molecular weight excluding hydrogens is 256 g/mol. The largest absolute Gasteiger partial charge is 0.528 e. The molecule has 0 aromatic heterocycles. The molecule has 0 aliphatic heterocycles. The summed E-state index contributed by atoms with van der Waals surface area (Å²) in [5.74, 6) is 0. The molecular formula is C15H20O3Si. The van der Waals surface area contributed by atoms with Crippen molar-refractivity contribution in [3.8, 4) is 0 Å². The van der Waals surface area contributed by atoms with Crippen molar-refractivity contribution in [2.45, 2.75) is 12.8 Å². The Morgan fingerprint density at radius 1 is 1.00 bits per heavy atom. The Labute approximate surface area is 115 Å². The first kappa shape index (κ1) is 14.2. The molecule has 0 spiro atoms. The van der Waals surface area contributed by atoms with Crippen LogP contribution in [0.5, 0.6) is 0 Å². The molecule has 3 nitrogen and oxygen atoms in total. The monoisotopic (exact) mass is 276 g/mol. The minimum Gasteiger partial charge on any atom is -0.374 e. The third kappa shape index (κ3) is 3.22. The van der Waals surface area contributed by atoms with E-state index in [4.69, 9.17) is 13.3 Å². The van der Waals surface area contributed by atoms with Crippen molar-refractivity contribution in [2.75, 3.05) is 21.3 Å². The van der Waals surface area contributed by atoms with Crippen LogP contribution in [0, 0.1) is 0 Å². The second kappa shape index (κ2) is 6.30. The summed E-state index contributed by atoms with van der Waals surface area (Å²) >= 11 is 0. The van der Waals surface area contributed by atoms with Gasteiger partial charge in [0, 0.05) is 21.3 Å². The Kier molecular flexibility index (Phi) is 4.71. The van der Waals surface area contributed by atoms with Crippen LogP contribution in [0.4, 0.5) is 0 Å². The van der Waals surface area contributed by atoms with Crippen LogP contribution in [-0.2, 0) is 13.3 Å². The van der Waals surface area contributed by atoms with Gasteiger partial charge in [0.15, 0.2) is 0 Å². The van der Waals surface area contributed by atoms with Gasteiger partial charge in [-0.15, -0.1) is 0 Å². The second-order valence-corrected chi connectivity index (χ2v) is 7.20. The zero-order valence-electron chi connectivity index (χ0n) is 11.7. The van der Waals surface area contributed by atoms with Crippen LogP contribution < -0.4 is 0 Å². The number of rotatable bonds is 6. The molecule has 1 aromatic carbocycles. The zero-order chi connectivity index (χ0) is 13.7. The highest BCUT2D eigenvalue weighted by Gasteiger charge is 2.34. The van der Waals surface area contributed by atoms with Crippen LogP contribution >= 0.6 is 0 Å². The van der Waals surface area contributed by atoms with Crippen molar-refractivity contribution >= 4 is 20.5 Å². The van der Waals surface area contributed by atoms with E-state index in [9.17, 15) is 0 Å². The average Bonchev–Trinajstić information content (AvgIpc) is 2.41. The Bertz CT molecular complexity index is 464. The average molecular weight is 276 g/mol. The smallest absolute Gasteiger partial charge is 0.374 e. The quantitative estimate of drug-likeness (QED) is 0.746. The fraction of sp³-hybridized carbons (Fsp3) is 0.333. The number of hydrogen-bond donors (Lipinski definition) is 0. The van der Waals surface area contributed by atoms with Crippen molar-refractivity contribution in [1.82, 2.24) is 0 Å². The summed E-state index contributed by atoms with van der Waals surface area (Å²) in [6, 6.07) is 8.51. The number of hydrogen-bond acceptors (Lipinski definition) is 3. The number of benzene rings is 1. The summed E-state index contributed by atoms with van der Waals surface area (Å²) in [5, 5.41) is 0. The van der Waals surface area contributed by atoms with E-state index < -0.39 is 8.80 Å². The minimum atomic E-state index is -2.62. The molecule has 4 heteroatoms. The van der Waals surface area contributed by atoms with Crippen molar-refractivity contribution in [3.63, 3.8) is 0 Å². The minimum absolute atomic E-state index is 1.12. The lowest BCUT2D eigenvalue weighted by Gasteiger charge is -2.20. The topological polar surface area (TPSA) is 27.7 Å². The van der Waals surface area contributed by atoms with Crippen molar-refractivity contribution in [1.29, 1.82) is 0 Å². The molecule has 1 aliphatic rings. The maximum Gasteiger partial charge on any atom is 0.528 e. The van der Waals surface area contributed by atoms with Gasteiger partial charge in [-0.1, -0.05) is 36.4 Å². The van der Waals surface area contributed by atoms with E-state index in [2.05, 4.69) is 30.3 Å². The molecule has 1 aliphatic carbocycles. The molecule has 2 rings (SSSR count). The van der Waals surface area contributed by atoms with Crippen LogP contribution in [0.2, 0.25) is 0 Å². The Morgan fingerprint density at radius 3 is 2.00 bits per heavy atom. The van der Waals surface area contributed by atoms with Crippen molar-refractivity contribution in [3.05, 3.63) is 47.2 Å². The van der Waals surface area contributed by atoms with Crippen LogP contribution in [0.15, 0.2) is 36.0 Å². The summed E-state index contributed by atoms with van der Waals surface area (Å²) in [4.78, 5) is 0. The first-order chi connectivity index (χ1) is 9.23. The molecule has 19 heavy (non-hydrogen) atoms. The summed E-state index contributed by atoms with van der Waals surface area (Å²) in [5.41, 5.74) is 5.78. The van der Waals surface area contributed by atoms with Crippen LogP contribution in [0.25, 0.3) is 11.6 Å². The molecule has 1 aromatic rings. The van der Waals surface area contributed by atoms with E-state index >= 15 is 0 Å². The molecule has 0 radical (unpaired) electrons. The Balaban J connectivity index is 2.10. The van der Waals surface area contributed by atoms with Gasteiger partial charge in [0.05, 0.1) is 0 Å². The maximum absolute atomic E-state index is 5.35. The third-order valence-corrected chi connectivity index (χ3v) is 5.70. The summed E-state index contributed by atoms with van der Waals surface area (Å²) in [6.07, 6.45) is 6.67. The molecule has 0 saturated heterocycles. The predicted molar refractivity (Wildman–Crippen MR) is 79.5 cm³/mol. The van der Waals surface area contributed by atoms with Gasteiger partial charge < -0.3 is 13.3 Å².